The van der Waals surface area contributed by atoms with E-state index in [0.29, 0.717) is 10.8 Å². The van der Waals surface area contributed by atoms with Gasteiger partial charge in [0, 0.05) is 0 Å². The molecular formula is C33H56I. The summed E-state index contributed by atoms with van der Waals surface area (Å²) < 4.78 is 1.33. The smallest absolute Gasteiger partial charge is 0.000473 e. The molecule has 4 rings (SSSR count). The van der Waals surface area contributed by atoms with Crippen molar-refractivity contribution in [3.05, 3.63) is 18.1 Å². The number of alkyl halides is 1. The summed E-state index contributed by atoms with van der Waals surface area (Å²) in [4.78, 5) is 0. The summed E-state index contributed by atoms with van der Waals surface area (Å²) >= 11 is 2.52. The molecule has 0 bridgehead atoms. The van der Waals surface area contributed by atoms with Crippen molar-refractivity contribution in [2.75, 3.05) is 4.43 Å². The molecular weight excluding hydrogens is 523 g/mol. The number of allylic oxidation sites excluding steroid dienone is 2. The van der Waals surface area contributed by atoms with Gasteiger partial charge in [-0.05, 0) is 127 Å². The highest BCUT2D eigenvalue weighted by molar-refractivity contribution is 14.1. The quantitative estimate of drug-likeness (QED) is 0.0989. The summed E-state index contributed by atoms with van der Waals surface area (Å²) in [6.45, 7) is 12.8. The van der Waals surface area contributed by atoms with Crippen molar-refractivity contribution in [1.82, 2.24) is 0 Å². The molecule has 0 nitrogen and oxygen atoms in total. The van der Waals surface area contributed by atoms with Crippen LogP contribution >= 0.6 is 22.6 Å². The second kappa shape index (κ2) is 11.9. The molecule has 3 fully saturated rings. The van der Waals surface area contributed by atoms with Crippen molar-refractivity contribution in [2.45, 2.75) is 131 Å². The molecule has 0 aliphatic heterocycles. The first-order valence-corrected chi connectivity index (χ1v) is 16.9. The second-order valence-electron chi connectivity index (χ2n) is 14.1. The first-order valence-electron chi connectivity index (χ1n) is 15.4. The van der Waals surface area contributed by atoms with E-state index in [1.54, 1.807) is 0 Å². The van der Waals surface area contributed by atoms with Crippen LogP contribution in [0, 0.1) is 58.7 Å². The zero-order valence-corrected chi connectivity index (χ0v) is 25.5. The van der Waals surface area contributed by atoms with Gasteiger partial charge in [-0.2, -0.15) is 0 Å². The molecule has 4 aliphatic carbocycles. The third-order valence-electron chi connectivity index (χ3n) is 11.7. The molecule has 4 aliphatic rings. The topological polar surface area (TPSA) is 0 Å². The molecule has 0 N–H and O–H groups in total. The normalized spacial score (nSPS) is 40.4. The summed E-state index contributed by atoms with van der Waals surface area (Å²) in [5.41, 5.74) is 3.04. The second-order valence-corrected chi connectivity index (χ2v) is 15.1. The van der Waals surface area contributed by atoms with Gasteiger partial charge in [0.1, 0.15) is 0 Å². The lowest BCUT2D eigenvalue weighted by Crippen LogP contribution is -2.50. The maximum Gasteiger partial charge on any atom is -0.000473 e. The van der Waals surface area contributed by atoms with E-state index >= 15 is 0 Å². The third kappa shape index (κ3) is 5.65. The van der Waals surface area contributed by atoms with Gasteiger partial charge in [-0.1, -0.05) is 101 Å². The molecule has 34 heavy (non-hydrogen) atoms. The van der Waals surface area contributed by atoms with Crippen LogP contribution in [0.4, 0.5) is 0 Å². The van der Waals surface area contributed by atoms with Crippen molar-refractivity contribution in [3.8, 4) is 0 Å². The Kier molecular flexibility index (Phi) is 9.62. The predicted molar refractivity (Wildman–Crippen MR) is 158 cm³/mol. The Morgan fingerprint density at radius 3 is 2.53 bits per heavy atom. The first kappa shape index (κ1) is 27.5. The Morgan fingerprint density at radius 1 is 0.941 bits per heavy atom. The molecule has 0 amide bonds. The van der Waals surface area contributed by atoms with Crippen molar-refractivity contribution >= 4 is 22.6 Å². The van der Waals surface area contributed by atoms with Crippen LogP contribution in [0.25, 0.3) is 0 Å². The van der Waals surface area contributed by atoms with E-state index in [2.05, 4.69) is 69.7 Å². The Labute approximate surface area is 227 Å². The summed E-state index contributed by atoms with van der Waals surface area (Å²) in [7, 11) is 0. The number of hydrogen-bond donors (Lipinski definition) is 0. The Hall–Kier alpha value is 0.470. The van der Waals surface area contributed by atoms with E-state index in [-0.39, 0.29) is 0 Å². The van der Waals surface area contributed by atoms with Gasteiger partial charge in [-0.3, -0.25) is 0 Å². The molecule has 0 heterocycles. The molecule has 0 unspecified atom stereocenters. The van der Waals surface area contributed by atoms with Crippen LogP contribution in [0.1, 0.15) is 131 Å². The molecule has 8 atom stereocenters. The maximum atomic E-state index is 2.79. The van der Waals surface area contributed by atoms with Crippen LogP contribution in [0.2, 0.25) is 0 Å². The van der Waals surface area contributed by atoms with Crippen molar-refractivity contribution in [3.63, 3.8) is 0 Å². The number of hydrogen-bond acceptors (Lipinski definition) is 0. The highest BCUT2D eigenvalue weighted by atomic mass is 127. The fourth-order valence-electron chi connectivity index (χ4n) is 9.68. The SMILES string of the molecule is CC(C)CCC[C@@H](C)[C@H]1CC[C@H]2[C@@H]3CC=C4C[C@@H]([CH]CCCCCI)CC[C@]4(C)[C@H]3CC[C@]12C. The minimum atomic E-state index is 0.525. The zero-order chi connectivity index (χ0) is 24.3. The summed E-state index contributed by atoms with van der Waals surface area (Å²) in [5.74, 6) is 6.61. The van der Waals surface area contributed by atoms with Gasteiger partial charge in [0.25, 0.3) is 0 Å². The van der Waals surface area contributed by atoms with E-state index in [1.807, 2.05) is 5.57 Å². The Bertz CT molecular complexity index is 678. The van der Waals surface area contributed by atoms with Crippen molar-refractivity contribution in [1.29, 1.82) is 0 Å². The zero-order valence-electron chi connectivity index (χ0n) is 23.4. The molecule has 0 aromatic carbocycles. The minimum absolute atomic E-state index is 0.525. The predicted octanol–water partition coefficient (Wildman–Crippen LogP) is 10.8. The molecule has 195 valence electrons. The van der Waals surface area contributed by atoms with Crippen LogP contribution < -0.4 is 0 Å². The van der Waals surface area contributed by atoms with E-state index in [4.69, 9.17) is 0 Å². The summed E-state index contributed by atoms with van der Waals surface area (Å²) in [5, 5.41) is 0. The van der Waals surface area contributed by atoms with Crippen LogP contribution in [0.5, 0.6) is 0 Å². The maximum absolute atomic E-state index is 2.79. The molecule has 1 radical (unpaired) electrons. The van der Waals surface area contributed by atoms with Gasteiger partial charge in [0.15, 0.2) is 0 Å². The molecule has 0 spiro atoms. The average Bonchev–Trinajstić information content (AvgIpc) is 3.16. The summed E-state index contributed by atoms with van der Waals surface area (Å²) in [6, 6.07) is 0. The highest BCUT2D eigenvalue weighted by Gasteiger charge is 2.59. The monoisotopic (exact) mass is 579 g/mol. The molecule has 0 aromatic heterocycles. The van der Waals surface area contributed by atoms with Crippen LogP contribution in [-0.4, -0.2) is 4.43 Å². The molecule has 0 saturated heterocycles. The molecule has 1 heteroatoms. The van der Waals surface area contributed by atoms with Crippen molar-refractivity contribution in [2.24, 2.45) is 52.3 Å². The van der Waals surface area contributed by atoms with E-state index in [0.717, 1.165) is 41.4 Å². The van der Waals surface area contributed by atoms with E-state index in [9.17, 15) is 0 Å². The first-order chi connectivity index (χ1) is 16.3. The fourth-order valence-corrected chi connectivity index (χ4v) is 10.2. The number of unbranched alkanes of at least 4 members (excludes halogenated alkanes) is 3. The van der Waals surface area contributed by atoms with Gasteiger partial charge >= 0.3 is 0 Å². The lowest BCUT2D eigenvalue weighted by molar-refractivity contribution is -0.0520. The Morgan fingerprint density at radius 2 is 1.76 bits per heavy atom. The number of rotatable bonds is 11. The van der Waals surface area contributed by atoms with Crippen molar-refractivity contribution < 1.29 is 0 Å². The minimum Gasteiger partial charge on any atom is -0.0864 e. The standard InChI is InChI=1S/C33H56I/c1-24(2)11-10-12-25(3)29-16-17-30-28-15-14-27-23-26(13-8-6-7-9-22-34)18-20-32(27,4)31(28)19-21-33(29,30)5/h13-14,24-26,28-31H,6-12,15-23H2,1-5H3/t25-,26+,28+,29-,30+,31+,32+,33-/m1/s1. The van der Waals surface area contributed by atoms with Crippen LogP contribution in [-0.2, 0) is 0 Å². The average molecular weight is 580 g/mol. The van der Waals surface area contributed by atoms with Gasteiger partial charge < -0.3 is 0 Å². The van der Waals surface area contributed by atoms with E-state index in [1.165, 1.54) is 101 Å². The Balaban J connectivity index is 1.37. The number of halogens is 1. The third-order valence-corrected chi connectivity index (χ3v) is 12.4. The van der Waals surface area contributed by atoms with Crippen LogP contribution in [0.15, 0.2) is 11.6 Å². The lowest BCUT2D eigenvalue weighted by atomic mass is 9.46. The number of fused-ring (bicyclic) bond motifs is 5. The molecule has 0 aromatic rings. The van der Waals surface area contributed by atoms with Gasteiger partial charge in [-0.15, -0.1) is 0 Å². The van der Waals surface area contributed by atoms with Gasteiger partial charge in [-0.25, -0.2) is 0 Å². The van der Waals surface area contributed by atoms with E-state index < -0.39 is 0 Å². The van der Waals surface area contributed by atoms with Crippen LogP contribution in [0.3, 0.4) is 0 Å². The lowest BCUT2D eigenvalue weighted by Gasteiger charge is -2.58. The largest absolute Gasteiger partial charge is 0.0864 e. The van der Waals surface area contributed by atoms with Gasteiger partial charge in [0.05, 0.1) is 0 Å². The van der Waals surface area contributed by atoms with Gasteiger partial charge in [0.2, 0.25) is 0 Å². The highest BCUT2D eigenvalue weighted by Crippen LogP contribution is 2.67. The molecule has 3 saturated carbocycles. The summed E-state index contributed by atoms with van der Waals surface area (Å²) in [6.07, 6.45) is 27.3. The fraction of sp³-hybridized carbons (Fsp3) is 0.909.